The number of phenolic OH excluding ortho intramolecular Hbond substituents is 1. The Morgan fingerprint density at radius 1 is 1.25 bits per heavy atom. The molecule has 2 heterocycles. The molecular formula is C15H20BrNO3. The second kappa shape index (κ2) is 6.02. The zero-order valence-electron chi connectivity index (χ0n) is 11.5. The first kappa shape index (κ1) is 14.3. The molecule has 1 N–H and O–H groups in total. The largest absolute Gasteiger partial charge is 0.508 e. The van der Waals surface area contributed by atoms with Crippen molar-refractivity contribution in [2.45, 2.75) is 25.0 Å². The van der Waals surface area contributed by atoms with Crippen molar-refractivity contribution >= 4 is 15.9 Å². The van der Waals surface area contributed by atoms with Gasteiger partial charge in [-0.1, -0.05) is 15.9 Å². The minimum Gasteiger partial charge on any atom is -0.508 e. The molecule has 0 aliphatic carbocycles. The molecule has 1 aromatic rings. The van der Waals surface area contributed by atoms with Crippen LogP contribution in [0.4, 0.5) is 0 Å². The molecule has 3 rings (SSSR count). The van der Waals surface area contributed by atoms with E-state index in [1.807, 2.05) is 12.1 Å². The highest BCUT2D eigenvalue weighted by Crippen LogP contribution is 2.31. The Morgan fingerprint density at radius 2 is 2.05 bits per heavy atom. The minimum atomic E-state index is -0.0280. The van der Waals surface area contributed by atoms with E-state index in [2.05, 4.69) is 20.8 Å². The standard InChI is InChI=1S/C15H20BrNO3/c16-14-2-1-13(18)9-12(14)10-17-5-8-20-15(11-17)3-6-19-7-4-15/h1-2,9,18H,3-8,10-11H2. The van der Waals surface area contributed by atoms with Gasteiger partial charge in [-0.2, -0.15) is 0 Å². The first-order chi connectivity index (χ1) is 9.67. The average Bonchev–Trinajstić information content (AvgIpc) is 2.44. The lowest BCUT2D eigenvalue weighted by atomic mass is 9.92. The predicted molar refractivity (Wildman–Crippen MR) is 79.8 cm³/mol. The van der Waals surface area contributed by atoms with Crippen LogP contribution in [0.25, 0.3) is 0 Å². The van der Waals surface area contributed by atoms with E-state index in [9.17, 15) is 5.11 Å². The Bertz CT molecular complexity index is 469. The SMILES string of the molecule is Oc1ccc(Br)c(CN2CCOC3(CCOCC3)C2)c1. The second-order valence-corrected chi connectivity index (χ2v) is 6.48. The lowest BCUT2D eigenvalue weighted by Gasteiger charge is -2.45. The zero-order valence-corrected chi connectivity index (χ0v) is 13.1. The first-order valence-electron chi connectivity index (χ1n) is 7.08. The number of nitrogens with zero attached hydrogens (tertiary/aromatic N) is 1. The quantitative estimate of drug-likeness (QED) is 0.897. The third-order valence-electron chi connectivity index (χ3n) is 4.15. The number of phenols is 1. The van der Waals surface area contributed by atoms with E-state index in [1.54, 1.807) is 6.07 Å². The van der Waals surface area contributed by atoms with Gasteiger partial charge in [0.2, 0.25) is 0 Å². The summed E-state index contributed by atoms with van der Waals surface area (Å²) < 4.78 is 12.5. The van der Waals surface area contributed by atoms with Crippen molar-refractivity contribution in [3.8, 4) is 5.75 Å². The van der Waals surface area contributed by atoms with E-state index < -0.39 is 0 Å². The molecule has 2 aliphatic rings. The van der Waals surface area contributed by atoms with E-state index in [0.717, 1.165) is 62.3 Å². The summed E-state index contributed by atoms with van der Waals surface area (Å²) in [5, 5.41) is 9.63. The molecule has 0 unspecified atom stereocenters. The maximum atomic E-state index is 9.63. The third-order valence-corrected chi connectivity index (χ3v) is 4.93. The molecule has 1 spiro atoms. The molecule has 2 saturated heterocycles. The molecule has 2 fully saturated rings. The van der Waals surface area contributed by atoms with Gasteiger partial charge in [0, 0.05) is 50.2 Å². The van der Waals surface area contributed by atoms with Crippen LogP contribution in [0, 0.1) is 0 Å². The average molecular weight is 342 g/mol. The summed E-state index contributed by atoms with van der Waals surface area (Å²) >= 11 is 3.56. The van der Waals surface area contributed by atoms with E-state index in [0.29, 0.717) is 5.75 Å². The Balaban J connectivity index is 1.69. The van der Waals surface area contributed by atoms with Gasteiger partial charge in [0.15, 0.2) is 0 Å². The molecular weight excluding hydrogens is 322 g/mol. The van der Waals surface area contributed by atoms with Crippen molar-refractivity contribution in [1.82, 2.24) is 4.90 Å². The molecule has 0 aromatic heterocycles. The van der Waals surface area contributed by atoms with Crippen LogP contribution in [0.1, 0.15) is 18.4 Å². The number of morpholine rings is 1. The Labute approximate surface area is 127 Å². The van der Waals surface area contributed by atoms with Crippen molar-refractivity contribution in [3.05, 3.63) is 28.2 Å². The Hall–Kier alpha value is -0.620. The molecule has 0 atom stereocenters. The van der Waals surface area contributed by atoms with Gasteiger partial charge in [-0.05, 0) is 23.8 Å². The number of halogens is 1. The molecule has 4 nitrogen and oxygen atoms in total. The van der Waals surface area contributed by atoms with Gasteiger partial charge in [-0.15, -0.1) is 0 Å². The molecule has 0 amide bonds. The van der Waals surface area contributed by atoms with E-state index in [1.165, 1.54) is 0 Å². The van der Waals surface area contributed by atoms with Crippen LogP contribution in [-0.2, 0) is 16.0 Å². The highest BCUT2D eigenvalue weighted by molar-refractivity contribution is 9.10. The van der Waals surface area contributed by atoms with E-state index in [4.69, 9.17) is 9.47 Å². The van der Waals surface area contributed by atoms with Crippen LogP contribution in [0.5, 0.6) is 5.75 Å². The lowest BCUT2D eigenvalue weighted by molar-refractivity contribution is -0.155. The van der Waals surface area contributed by atoms with Gasteiger partial charge in [0.25, 0.3) is 0 Å². The number of ether oxygens (including phenoxy) is 2. The summed E-state index contributed by atoms with van der Waals surface area (Å²) in [7, 11) is 0. The Kier molecular flexibility index (Phi) is 4.31. The van der Waals surface area contributed by atoms with Crippen LogP contribution < -0.4 is 0 Å². The molecule has 0 radical (unpaired) electrons. The molecule has 2 aliphatic heterocycles. The van der Waals surface area contributed by atoms with Crippen LogP contribution in [0.3, 0.4) is 0 Å². The predicted octanol–water partition coefficient (Wildman–Crippen LogP) is 2.54. The summed E-state index contributed by atoms with van der Waals surface area (Å²) in [6.07, 6.45) is 1.95. The maximum absolute atomic E-state index is 9.63. The molecule has 0 saturated carbocycles. The summed E-state index contributed by atoms with van der Waals surface area (Å²) in [5.41, 5.74) is 1.09. The van der Waals surface area contributed by atoms with E-state index >= 15 is 0 Å². The first-order valence-corrected chi connectivity index (χ1v) is 7.88. The molecule has 5 heteroatoms. The van der Waals surface area contributed by atoms with Crippen LogP contribution in [0.2, 0.25) is 0 Å². The van der Waals surface area contributed by atoms with Crippen LogP contribution >= 0.6 is 15.9 Å². The van der Waals surface area contributed by atoms with Crippen molar-refractivity contribution in [3.63, 3.8) is 0 Å². The zero-order chi connectivity index (χ0) is 14.0. The number of hydrogen-bond acceptors (Lipinski definition) is 4. The third kappa shape index (κ3) is 3.17. The number of rotatable bonds is 2. The number of benzene rings is 1. The molecule has 1 aromatic carbocycles. The summed E-state index contributed by atoms with van der Waals surface area (Å²) in [4.78, 5) is 2.41. The minimum absolute atomic E-state index is 0.0280. The second-order valence-electron chi connectivity index (χ2n) is 5.63. The van der Waals surface area contributed by atoms with Crippen molar-refractivity contribution < 1.29 is 14.6 Å². The van der Waals surface area contributed by atoms with Gasteiger partial charge < -0.3 is 14.6 Å². The monoisotopic (exact) mass is 341 g/mol. The highest BCUT2D eigenvalue weighted by Gasteiger charge is 2.38. The van der Waals surface area contributed by atoms with Gasteiger partial charge in [0.05, 0.1) is 12.2 Å². The maximum Gasteiger partial charge on any atom is 0.115 e. The highest BCUT2D eigenvalue weighted by atomic mass is 79.9. The smallest absolute Gasteiger partial charge is 0.115 e. The number of aromatic hydroxyl groups is 1. The van der Waals surface area contributed by atoms with Crippen LogP contribution in [0.15, 0.2) is 22.7 Å². The van der Waals surface area contributed by atoms with E-state index in [-0.39, 0.29) is 5.60 Å². The van der Waals surface area contributed by atoms with Crippen LogP contribution in [-0.4, -0.2) is 48.5 Å². The van der Waals surface area contributed by atoms with Crippen molar-refractivity contribution in [1.29, 1.82) is 0 Å². The molecule has 110 valence electrons. The summed E-state index contributed by atoms with van der Waals surface area (Å²) in [6, 6.07) is 5.43. The van der Waals surface area contributed by atoms with Gasteiger partial charge in [-0.25, -0.2) is 0 Å². The summed E-state index contributed by atoms with van der Waals surface area (Å²) in [6.45, 7) is 5.08. The van der Waals surface area contributed by atoms with Gasteiger partial charge in [-0.3, -0.25) is 4.90 Å². The van der Waals surface area contributed by atoms with Crippen molar-refractivity contribution in [2.24, 2.45) is 0 Å². The molecule has 0 bridgehead atoms. The lowest BCUT2D eigenvalue weighted by Crippen LogP contribution is -2.54. The van der Waals surface area contributed by atoms with Crippen molar-refractivity contribution in [2.75, 3.05) is 32.9 Å². The summed E-state index contributed by atoms with van der Waals surface area (Å²) in [5.74, 6) is 0.317. The fraction of sp³-hybridized carbons (Fsp3) is 0.600. The normalized spacial score (nSPS) is 23.1. The molecule has 20 heavy (non-hydrogen) atoms. The Morgan fingerprint density at radius 3 is 2.85 bits per heavy atom. The van der Waals surface area contributed by atoms with Gasteiger partial charge >= 0.3 is 0 Å². The number of hydrogen-bond donors (Lipinski definition) is 1. The topological polar surface area (TPSA) is 41.9 Å². The fourth-order valence-electron chi connectivity index (χ4n) is 3.03. The fourth-order valence-corrected chi connectivity index (χ4v) is 3.40. The van der Waals surface area contributed by atoms with Gasteiger partial charge in [0.1, 0.15) is 5.75 Å².